The summed E-state index contributed by atoms with van der Waals surface area (Å²) in [7, 11) is 0. The minimum Gasteiger partial charge on any atom is -0.331 e. The minimum atomic E-state index is -0.623. The first-order valence-corrected chi connectivity index (χ1v) is 11.3. The van der Waals surface area contributed by atoms with Crippen molar-refractivity contribution in [1.82, 2.24) is 10.2 Å². The fourth-order valence-corrected chi connectivity index (χ4v) is 5.56. The first-order valence-electron chi connectivity index (χ1n) is 11.3. The fraction of sp³-hybridized carbons (Fsp3) is 0.259. The summed E-state index contributed by atoms with van der Waals surface area (Å²) < 4.78 is 0. The van der Waals surface area contributed by atoms with Gasteiger partial charge in [0.1, 0.15) is 0 Å². The molecule has 2 aliphatic heterocycles. The van der Waals surface area contributed by atoms with Crippen LogP contribution in [0.25, 0.3) is 11.1 Å². The number of likely N-dealkylation sites (tertiary alicyclic amines) is 1. The largest absolute Gasteiger partial charge is 0.331 e. The van der Waals surface area contributed by atoms with E-state index < -0.39 is 5.41 Å². The van der Waals surface area contributed by atoms with Crippen molar-refractivity contribution in [3.8, 4) is 11.1 Å². The van der Waals surface area contributed by atoms with E-state index in [4.69, 9.17) is 0 Å². The van der Waals surface area contributed by atoms with E-state index >= 15 is 0 Å². The van der Waals surface area contributed by atoms with Gasteiger partial charge in [0.2, 0.25) is 5.91 Å². The molecule has 0 aromatic heterocycles. The molecule has 3 aromatic rings. The van der Waals surface area contributed by atoms with Gasteiger partial charge >= 0.3 is 6.03 Å². The van der Waals surface area contributed by atoms with E-state index in [0.29, 0.717) is 19.5 Å². The first-order chi connectivity index (χ1) is 15.6. The summed E-state index contributed by atoms with van der Waals surface area (Å²) in [6, 6.07) is 24.7. The standard InChI is InChI=1S/C27H25N3O2/c31-25-27(22-8-4-5-9-24(22)28-25)14-15-30(17-27)26(32)29-23-13-12-19-10-11-20(16-21(19)23)18-6-2-1-3-7-18/h1-11,16,23H,12-15,17H2,(H,28,31)(H,29,32). The number of aryl methyl sites for hydroxylation is 1. The zero-order valence-electron chi connectivity index (χ0n) is 17.8. The number of urea groups is 1. The number of rotatable bonds is 2. The van der Waals surface area contributed by atoms with Crippen LogP contribution in [0.2, 0.25) is 0 Å². The van der Waals surface area contributed by atoms with Crippen molar-refractivity contribution in [2.24, 2.45) is 0 Å². The maximum atomic E-state index is 13.2. The number of carbonyl (C=O) groups is 2. The Balaban J connectivity index is 1.21. The Morgan fingerprint density at radius 3 is 2.69 bits per heavy atom. The van der Waals surface area contributed by atoms with Crippen LogP contribution in [0.4, 0.5) is 10.5 Å². The molecule has 6 rings (SSSR count). The molecule has 0 saturated carbocycles. The number of hydrogen-bond donors (Lipinski definition) is 2. The van der Waals surface area contributed by atoms with Crippen molar-refractivity contribution in [3.05, 3.63) is 89.5 Å². The van der Waals surface area contributed by atoms with Crippen LogP contribution in [-0.4, -0.2) is 29.9 Å². The molecule has 1 aliphatic carbocycles. The molecule has 1 saturated heterocycles. The van der Waals surface area contributed by atoms with Gasteiger partial charge < -0.3 is 15.5 Å². The third-order valence-electron chi connectivity index (χ3n) is 7.31. The molecule has 3 aliphatic rings. The number of nitrogens with one attached hydrogen (secondary N) is 2. The zero-order chi connectivity index (χ0) is 21.7. The van der Waals surface area contributed by atoms with Crippen LogP contribution in [0, 0.1) is 0 Å². The second-order valence-electron chi connectivity index (χ2n) is 9.07. The highest BCUT2D eigenvalue weighted by molar-refractivity contribution is 6.07. The highest BCUT2D eigenvalue weighted by Crippen LogP contribution is 2.44. The van der Waals surface area contributed by atoms with E-state index in [2.05, 4.69) is 41.0 Å². The summed E-state index contributed by atoms with van der Waals surface area (Å²) in [5.41, 5.74) is 6.12. The predicted molar refractivity (Wildman–Crippen MR) is 124 cm³/mol. The maximum absolute atomic E-state index is 13.2. The molecule has 2 heterocycles. The quantitative estimate of drug-likeness (QED) is 0.631. The van der Waals surface area contributed by atoms with Crippen LogP contribution in [0.15, 0.2) is 72.8 Å². The van der Waals surface area contributed by atoms with Crippen LogP contribution >= 0.6 is 0 Å². The molecular formula is C27H25N3O2. The minimum absolute atomic E-state index is 0.00223. The van der Waals surface area contributed by atoms with Gasteiger partial charge in [0.25, 0.3) is 0 Å². The van der Waals surface area contributed by atoms with Crippen LogP contribution < -0.4 is 10.6 Å². The maximum Gasteiger partial charge on any atom is 0.317 e. The van der Waals surface area contributed by atoms with Crippen LogP contribution in [-0.2, 0) is 16.6 Å². The number of fused-ring (bicyclic) bond motifs is 3. The summed E-state index contributed by atoms with van der Waals surface area (Å²) in [5.74, 6) is 0.00714. The van der Waals surface area contributed by atoms with Crippen LogP contribution in [0.5, 0.6) is 0 Å². The molecule has 1 fully saturated rings. The molecule has 5 nitrogen and oxygen atoms in total. The topological polar surface area (TPSA) is 61.4 Å². The van der Waals surface area contributed by atoms with Gasteiger partial charge in [-0.3, -0.25) is 4.79 Å². The number of carbonyl (C=O) groups excluding carboxylic acids is 2. The lowest BCUT2D eigenvalue weighted by Crippen LogP contribution is -2.43. The van der Waals surface area contributed by atoms with Gasteiger partial charge in [-0.1, -0.05) is 60.7 Å². The van der Waals surface area contributed by atoms with E-state index in [9.17, 15) is 9.59 Å². The molecular weight excluding hydrogens is 398 g/mol. The van der Waals surface area contributed by atoms with E-state index in [-0.39, 0.29) is 18.0 Å². The lowest BCUT2D eigenvalue weighted by molar-refractivity contribution is -0.120. The Hall–Kier alpha value is -3.60. The number of hydrogen-bond acceptors (Lipinski definition) is 2. The van der Waals surface area contributed by atoms with E-state index in [0.717, 1.165) is 24.1 Å². The SMILES string of the molecule is O=C(NC1CCc2ccc(-c3ccccc3)cc21)N1CCC2(C1)C(=O)Nc1ccccc12. The van der Waals surface area contributed by atoms with Crippen molar-refractivity contribution in [3.63, 3.8) is 0 Å². The molecule has 0 bridgehead atoms. The smallest absolute Gasteiger partial charge is 0.317 e. The van der Waals surface area contributed by atoms with Gasteiger partial charge in [-0.05, 0) is 59.2 Å². The lowest BCUT2D eigenvalue weighted by Gasteiger charge is -2.24. The van der Waals surface area contributed by atoms with Gasteiger partial charge in [-0.25, -0.2) is 4.79 Å². The monoisotopic (exact) mass is 423 g/mol. The average molecular weight is 424 g/mol. The Bertz CT molecular complexity index is 1220. The molecule has 2 unspecified atom stereocenters. The Morgan fingerprint density at radius 2 is 1.81 bits per heavy atom. The van der Waals surface area contributed by atoms with E-state index in [1.54, 1.807) is 4.90 Å². The van der Waals surface area contributed by atoms with Crippen molar-refractivity contribution in [2.45, 2.75) is 30.7 Å². The van der Waals surface area contributed by atoms with Crippen molar-refractivity contribution in [2.75, 3.05) is 18.4 Å². The van der Waals surface area contributed by atoms with Crippen LogP contribution in [0.1, 0.15) is 35.6 Å². The lowest BCUT2D eigenvalue weighted by atomic mass is 9.81. The molecule has 160 valence electrons. The van der Waals surface area contributed by atoms with Crippen LogP contribution in [0.3, 0.4) is 0 Å². The first kappa shape index (κ1) is 19.1. The number of benzene rings is 3. The van der Waals surface area contributed by atoms with Crippen molar-refractivity contribution < 1.29 is 9.59 Å². The Morgan fingerprint density at radius 1 is 1.00 bits per heavy atom. The Kier molecular flexibility index (Phi) is 4.32. The normalized spacial score (nSPS) is 23.2. The predicted octanol–water partition coefficient (Wildman–Crippen LogP) is 4.65. The molecule has 3 aromatic carbocycles. The summed E-state index contributed by atoms with van der Waals surface area (Å²) in [5, 5.41) is 6.26. The highest BCUT2D eigenvalue weighted by atomic mass is 16.2. The van der Waals surface area contributed by atoms with E-state index in [1.807, 2.05) is 42.5 Å². The number of amides is 3. The summed E-state index contributed by atoms with van der Waals surface area (Å²) in [4.78, 5) is 27.8. The van der Waals surface area contributed by atoms with Gasteiger partial charge in [0.15, 0.2) is 0 Å². The molecule has 5 heteroatoms. The molecule has 1 spiro atoms. The Labute approximate surface area is 187 Å². The molecule has 3 amide bonds. The number of nitrogens with zero attached hydrogens (tertiary/aromatic N) is 1. The third-order valence-corrected chi connectivity index (χ3v) is 7.31. The average Bonchev–Trinajstić information content (AvgIpc) is 3.52. The molecule has 2 atom stereocenters. The third kappa shape index (κ3) is 2.92. The van der Waals surface area contributed by atoms with Gasteiger partial charge in [-0.15, -0.1) is 0 Å². The number of anilines is 1. The fourth-order valence-electron chi connectivity index (χ4n) is 5.56. The molecule has 2 N–H and O–H groups in total. The second-order valence-corrected chi connectivity index (χ2v) is 9.07. The second kappa shape index (κ2) is 7.23. The highest BCUT2D eigenvalue weighted by Gasteiger charge is 2.52. The summed E-state index contributed by atoms with van der Waals surface area (Å²) in [6.07, 6.45) is 2.53. The van der Waals surface area contributed by atoms with E-state index in [1.165, 1.54) is 22.3 Å². The van der Waals surface area contributed by atoms with Gasteiger partial charge in [0, 0.05) is 18.8 Å². The number of para-hydroxylation sites is 1. The van der Waals surface area contributed by atoms with Gasteiger partial charge in [-0.2, -0.15) is 0 Å². The zero-order valence-corrected chi connectivity index (χ0v) is 17.8. The molecule has 0 radical (unpaired) electrons. The van der Waals surface area contributed by atoms with Crippen molar-refractivity contribution in [1.29, 1.82) is 0 Å². The molecule has 32 heavy (non-hydrogen) atoms. The summed E-state index contributed by atoms with van der Waals surface area (Å²) in [6.45, 7) is 1.00. The van der Waals surface area contributed by atoms with Gasteiger partial charge in [0.05, 0.1) is 11.5 Å². The summed E-state index contributed by atoms with van der Waals surface area (Å²) >= 11 is 0. The van der Waals surface area contributed by atoms with Crippen molar-refractivity contribution >= 4 is 17.6 Å².